The van der Waals surface area contributed by atoms with Crippen molar-refractivity contribution in [3.05, 3.63) is 53.0 Å². The second-order valence-electron chi connectivity index (χ2n) is 5.17. The first-order valence-corrected chi connectivity index (χ1v) is 9.04. The van der Waals surface area contributed by atoms with Gasteiger partial charge in [0.05, 0.1) is 11.0 Å². The van der Waals surface area contributed by atoms with Crippen LogP contribution in [-0.2, 0) is 10.0 Å². The fourth-order valence-corrected chi connectivity index (χ4v) is 3.63. The normalized spacial score (nSPS) is 13.3. The Morgan fingerprint density at radius 3 is 1.95 bits per heavy atom. The van der Waals surface area contributed by atoms with Crippen molar-refractivity contribution in [3.8, 4) is 11.1 Å². The van der Waals surface area contributed by atoms with E-state index >= 15 is 0 Å². The average molecular weight is 384 g/mol. The van der Waals surface area contributed by atoms with Crippen molar-refractivity contribution in [2.75, 3.05) is 13.6 Å². The van der Waals surface area contributed by atoms with Gasteiger partial charge in [-0.25, -0.2) is 8.42 Å². The summed E-state index contributed by atoms with van der Waals surface area (Å²) in [4.78, 5) is 0.219. The minimum absolute atomic E-state index is 0.0663. The van der Waals surface area contributed by atoms with Crippen LogP contribution in [0.4, 0.5) is 0 Å². The lowest BCUT2D eigenvalue weighted by Gasteiger charge is -2.18. The minimum Gasteiger partial charge on any atom is -0.392 e. The van der Waals surface area contributed by atoms with Crippen molar-refractivity contribution in [2.24, 2.45) is 0 Å². The van der Waals surface area contributed by atoms with E-state index in [-0.39, 0.29) is 11.4 Å². The summed E-state index contributed by atoms with van der Waals surface area (Å²) in [5.74, 6) is 0. The molecule has 1 atom stereocenters. The van der Waals surface area contributed by atoms with Crippen LogP contribution in [0.3, 0.4) is 0 Å². The molecule has 0 heterocycles. The number of aliphatic hydroxyl groups is 1. The van der Waals surface area contributed by atoms with E-state index in [1.807, 2.05) is 24.3 Å². The first kappa shape index (κ1) is 17.1. The number of hydrogen-bond acceptors (Lipinski definition) is 3. The number of likely N-dealkylation sites (N-methyl/N-ethyl adjacent to an activating group) is 1. The zero-order valence-corrected chi connectivity index (χ0v) is 14.8. The molecule has 0 aliphatic carbocycles. The van der Waals surface area contributed by atoms with Crippen LogP contribution >= 0.6 is 15.9 Å². The third-order valence-electron chi connectivity index (χ3n) is 3.26. The Bertz CT molecular complexity index is 725. The lowest BCUT2D eigenvalue weighted by atomic mass is 10.1. The third kappa shape index (κ3) is 3.95. The van der Waals surface area contributed by atoms with Gasteiger partial charge >= 0.3 is 0 Å². The van der Waals surface area contributed by atoms with Crippen LogP contribution in [0, 0.1) is 0 Å². The average Bonchev–Trinajstić information content (AvgIpc) is 2.47. The molecular weight excluding hydrogens is 366 g/mol. The van der Waals surface area contributed by atoms with Gasteiger partial charge in [-0.05, 0) is 42.3 Å². The first-order valence-electron chi connectivity index (χ1n) is 6.81. The molecule has 1 N–H and O–H groups in total. The summed E-state index contributed by atoms with van der Waals surface area (Å²) in [7, 11) is -2.11. The van der Waals surface area contributed by atoms with E-state index in [1.54, 1.807) is 31.2 Å². The Kier molecular flexibility index (Phi) is 5.39. The second kappa shape index (κ2) is 6.91. The lowest BCUT2D eigenvalue weighted by Crippen LogP contribution is -2.33. The molecule has 0 saturated carbocycles. The molecule has 0 saturated heterocycles. The van der Waals surface area contributed by atoms with Crippen molar-refractivity contribution in [3.63, 3.8) is 0 Å². The van der Waals surface area contributed by atoms with Gasteiger partial charge in [-0.15, -0.1) is 0 Å². The monoisotopic (exact) mass is 383 g/mol. The molecule has 0 spiro atoms. The molecule has 0 aliphatic rings. The van der Waals surface area contributed by atoms with E-state index in [0.717, 1.165) is 19.9 Å². The van der Waals surface area contributed by atoms with Crippen LogP contribution in [-0.4, -0.2) is 37.5 Å². The molecule has 0 bridgehead atoms. The van der Waals surface area contributed by atoms with Gasteiger partial charge in [0, 0.05) is 18.1 Å². The summed E-state index contributed by atoms with van der Waals surface area (Å²) in [5.41, 5.74) is 1.97. The van der Waals surface area contributed by atoms with Crippen LogP contribution in [0.15, 0.2) is 57.9 Å². The molecule has 6 heteroatoms. The maximum atomic E-state index is 12.4. The molecule has 4 nitrogen and oxygen atoms in total. The maximum absolute atomic E-state index is 12.4. The fourth-order valence-electron chi connectivity index (χ4n) is 2.11. The van der Waals surface area contributed by atoms with Gasteiger partial charge < -0.3 is 5.11 Å². The molecule has 0 fully saturated rings. The van der Waals surface area contributed by atoms with Crippen molar-refractivity contribution in [2.45, 2.75) is 17.9 Å². The Morgan fingerprint density at radius 2 is 1.50 bits per heavy atom. The SMILES string of the molecule is CC(O)CN(C)S(=O)(=O)c1ccc(-c2ccc(Br)cc2)cc1. The third-order valence-corrected chi connectivity index (χ3v) is 5.63. The van der Waals surface area contributed by atoms with E-state index in [9.17, 15) is 13.5 Å². The molecule has 0 amide bonds. The highest BCUT2D eigenvalue weighted by molar-refractivity contribution is 9.10. The zero-order valence-electron chi connectivity index (χ0n) is 12.4. The zero-order chi connectivity index (χ0) is 16.3. The quantitative estimate of drug-likeness (QED) is 0.862. The summed E-state index contributed by atoms with van der Waals surface area (Å²) in [6, 6.07) is 14.6. The molecule has 0 radical (unpaired) electrons. The van der Waals surface area contributed by atoms with Crippen molar-refractivity contribution in [1.29, 1.82) is 0 Å². The summed E-state index contributed by atoms with van der Waals surface area (Å²) in [6.07, 6.45) is -0.707. The van der Waals surface area contributed by atoms with Crippen molar-refractivity contribution >= 4 is 26.0 Å². The number of halogens is 1. The number of sulfonamides is 1. The molecule has 2 aromatic carbocycles. The molecule has 0 aliphatic heterocycles. The van der Waals surface area contributed by atoms with Crippen LogP contribution < -0.4 is 0 Å². The second-order valence-corrected chi connectivity index (χ2v) is 8.13. The fraction of sp³-hybridized carbons (Fsp3) is 0.250. The molecule has 118 valence electrons. The van der Waals surface area contributed by atoms with E-state index in [1.165, 1.54) is 7.05 Å². The van der Waals surface area contributed by atoms with Crippen molar-refractivity contribution < 1.29 is 13.5 Å². The van der Waals surface area contributed by atoms with E-state index in [2.05, 4.69) is 15.9 Å². The summed E-state index contributed by atoms with van der Waals surface area (Å²) < 4.78 is 26.9. The van der Waals surface area contributed by atoms with E-state index in [0.29, 0.717) is 0 Å². The van der Waals surface area contributed by atoms with Crippen LogP contribution in [0.5, 0.6) is 0 Å². The Balaban J connectivity index is 2.26. The van der Waals surface area contributed by atoms with Crippen molar-refractivity contribution in [1.82, 2.24) is 4.31 Å². The topological polar surface area (TPSA) is 57.6 Å². The number of hydrogen-bond donors (Lipinski definition) is 1. The predicted octanol–water partition coefficient (Wildman–Crippen LogP) is 3.12. The number of rotatable bonds is 5. The van der Waals surface area contributed by atoms with Gasteiger partial charge in [0.25, 0.3) is 0 Å². The van der Waals surface area contributed by atoms with Gasteiger partial charge in [-0.2, -0.15) is 4.31 Å². The van der Waals surface area contributed by atoms with Crippen LogP contribution in [0.1, 0.15) is 6.92 Å². The van der Waals surface area contributed by atoms with E-state index < -0.39 is 16.1 Å². The molecular formula is C16H18BrNO3S. The summed E-state index contributed by atoms with van der Waals surface area (Å²) >= 11 is 3.39. The molecule has 22 heavy (non-hydrogen) atoms. The van der Waals surface area contributed by atoms with Gasteiger partial charge in [-0.1, -0.05) is 40.2 Å². The van der Waals surface area contributed by atoms with Crippen LogP contribution in [0.25, 0.3) is 11.1 Å². The number of aliphatic hydroxyl groups excluding tert-OH is 1. The number of benzene rings is 2. The smallest absolute Gasteiger partial charge is 0.242 e. The summed E-state index contributed by atoms with van der Waals surface area (Å²) in [5, 5.41) is 9.34. The van der Waals surface area contributed by atoms with E-state index in [4.69, 9.17) is 0 Å². The first-order chi connectivity index (χ1) is 10.3. The van der Waals surface area contributed by atoms with Gasteiger partial charge in [0.15, 0.2) is 0 Å². The largest absolute Gasteiger partial charge is 0.392 e. The highest BCUT2D eigenvalue weighted by Crippen LogP contribution is 2.24. The molecule has 0 aromatic heterocycles. The highest BCUT2D eigenvalue weighted by Gasteiger charge is 2.21. The lowest BCUT2D eigenvalue weighted by molar-refractivity contribution is 0.171. The minimum atomic E-state index is -3.57. The number of nitrogens with zero attached hydrogens (tertiary/aromatic N) is 1. The molecule has 1 unspecified atom stereocenters. The van der Waals surface area contributed by atoms with Gasteiger partial charge in [0.2, 0.25) is 10.0 Å². The molecule has 2 rings (SSSR count). The Morgan fingerprint density at radius 1 is 1.05 bits per heavy atom. The molecule has 2 aromatic rings. The summed E-state index contributed by atoms with van der Waals surface area (Å²) in [6.45, 7) is 1.62. The maximum Gasteiger partial charge on any atom is 0.242 e. The Labute approximate surface area is 139 Å². The van der Waals surface area contributed by atoms with Gasteiger partial charge in [0.1, 0.15) is 0 Å². The van der Waals surface area contributed by atoms with Gasteiger partial charge in [-0.3, -0.25) is 0 Å². The highest BCUT2D eigenvalue weighted by atomic mass is 79.9. The predicted molar refractivity (Wildman–Crippen MR) is 91.1 cm³/mol. The standard InChI is InChI=1S/C16H18BrNO3S/c1-12(19)11-18(2)22(20,21)16-9-5-14(6-10-16)13-3-7-15(17)8-4-13/h3-10,12,19H,11H2,1-2H3. The van der Waals surface area contributed by atoms with Crippen LogP contribution in [0.2, 0.25) is 0 Å². The Hall–Kier alpha value is -1.21.